The number of aryl methyl sites for hydroxylation is 1. The van der Waals surface area contributed by atoms with Crippen LogP contribution < -0.4 is 4.72 Å². The highest BCUT2D eigenvalue weighted by Crippen LogP contribution is 2.38. The van der Waals surface area contributed by atoms with Crippen molar-refractivity contribution in [3.8, 4) is 5.88 Å². The lowest BCUT2D eigenvalue weighted by atomic mass is 10.2. The van der Waals surface area contributed by atoms with Gasteiger partial charge in [0.2, 0.25) is 15.9 Å². The summed E-state index contributed by atoms with van der Waals surface area (Å²) >= 11 is 0. The Morgan fingerprint density at radius 2 is 1.79 bits per heavy atom. The summed E-state index contributed by atoms with van der Waals surface area (Å²) in [6.07, 6.45) is 0. The highest BCUT2D eigenvalue weighted by atomic mass is 32.2. The Balaban J connectivity index is 1.66. The van der Waals surface area contributed by atoms with Gasteiger partial charge >= 0.3 is 0 Å². The zero-order valence-corrected chi connectivity index (χ0v) is 18.2. The second-order valence-corrected chi connectivity index (χ2v) is 9.05. The van der Waals surface area contributed by atoms with Crippen LogP contribution >= 0.6 is 0 Å². The van der Waals surface area contributed by atoms with Crippen LogP contribution in [-0.4, -0.2) is 23.4 Å². The van der Waals surface area contributed by atoms with Crippen LogP contribution in [0.2, 0.25) is 0 Å². The van der Waals surface area contributed by atoms with Gasteiger partial charge in [-0.2, -0.15) is 0 Å². The largest absolute Gasteiger partial charge is 0.493 e. The number of azo groups is 1. The van der Waals surface area contributed by atoms with Crippen molar-refractivity contribution in [1.82, 2.24) is 9.71 Å². The average Bonchev–Trinajstić information content (AvgIpc) is 3.11. The van der Waals surface area contributed by atoms with E-state index in [1.165, 1.54) is 36.4 Å². The van der Waals surface area contributed by atoms with Crippen molar-refractivity contribution >= 4 is 38.0 Å². The lowest BCUT2D eigenvalue weighted by Crippen LogP contribution is -2.23. The van der Waals surface area contributed by atoms with Gasteiger partial charge in [-0.1, -0.05) is 42.0 Å². The summed E-state index contributed by atoms with van der Waals surface area (Å²) in [7, 11) is -3.86. The zero-order valence-electron chi connectivity index (χ0n) is 17.4. The third-order valence-electron chi connectivity index (χ3n) is 4.96. The van der Waals surface area contributed by atoms with E-state index in [4.69, 9.17) is 0 Å². The minimum atomic E-state index is -3.86. The number of nitro benzene ring substituents is 1. The molecule has 0 spiro atoms. The number of H-pyrrole nitrogens is 1. The molecule has 0 bridgehead atoms. The van der Waals surface area contributed by atoms with Gasteiger partial charge in [-0.3, -0.25) is 10.1 Å². The van der Waals surface area contributed by atoms with Crippen LogP contribution in [0.15, 0.2) is 81.9 Å². The third-order valence-corrected chi connectivity index (χ3v) is 6.36. The Kier molecular flexibility index (Phi) is 5.90. The van der Waals surface area contributed by atoms with Crippen LogP contribution in [0.4, 0.5) is 17.1 Å². The topological polar surface area (TPSA) is 150 Å². The van der Waals surface area contributed by atoms with E-state index in [0.29, 0.717) is 10.9 Å². The second-order valence-electron chi connectivity index (χ2n) is 7.29. The monoisotopic (exact) mass is 465 g/mol. The molecule has 1 heterocycles. The number of para-hydroxylation sites is 1. The number of nitrogens with one attached hydrogen (secondary N) is 2. The normalized spacial score (nSPS) is 11.9. The summed E-state index contributed by atoms with van der Waals surface area (Å²) in [6.45, 7) is 2.06. The van der Waals surface area contributed by atoms with Crippen molar-refractivity contribution in [2.24, 2.45) is 10.2 Å². The molecular formula is C22H19N5O5S. The number of fused-ring (bicyclic) bond motifs is 1. The maximum Gasteiger partial charge on any atom is 0.296 e. The lowest BCUT2D eigenvalue weighted by molar-refractivity contribution is -0.384. The van der Waals surface area contributed by atoms with Gasteiger partial charge in [0.1, 0.15) is 0 Å². The van der Waals surface area contributed by atoms with Gasteiger partial charge in [0.15, 0.2) is 11.4 Å². The van der Waals surface area contributed by atoms with Crippen molar-refractivity contribution in [2.75, 3.05) is 0 Å². The molecule has 0 aliphatic rings. The lowest BCUT2D eigenvalue weighted by Gasteiger charge is -2.07. The molecule has 0 unspecified atom stereocenters. The van der Waals surface area contributed by atoms with E-state index in [1.807, 2.05) is 31.2 Å². The molecule has 168 valence electrons. The molecule has 0 aliphatic carbocycles. The number of hydrogen-bond acceptors (Lipinski definition) is 7. The van der Waals surface area contributed by atoms with E-state index >= 15 is 0 Å². The van der Waals surface area contributed by atoms with Crippen LogP contribution in [0.25, 0.3) is 10.9 Å². The molecule has 0 saturated heterocycles. The minimum Gasteiger partial charge on any atom is -0.493 e. The first-order valence-electron chi connectivity index (χ1n) is 9.80. The maximum absolute atomic E-state index is 12.8. The average molecular weight is 465 g/mol. The van der Waals surface area contributed by atoms with E-state index in [9.17, 15) is 23.6 Å². The molecule has 3 aromatic carbocycles. The number of benzene rings is 3. The fourth-order valence-corrected chi connectivity index (χ4v) is 4.23. The van der Waals surface area contributed by atoms with E-state index in [2.05, 4.69) is 19.9 Å². The molecule has 10 nitrogen and oxygen atoms in total. The van der Waals surface area contributed by atoms with Crippen molar-refractivity contribution in [3.63, 3.8) is 0 Å². The van der Waals surface area contributed by atoms with Gasteiger partial charge in [-0.15, -0.1) is 10.2 Å². The predicted octanol–water partition coefficient (Wildman–Crippen LogP) is 4.98. The van der Waals surface area contributed by atoms with Crippen LogP contribution in [-0.2, 0) is 16.6 Å². The summed E-state index contributed by atoms with van der Waals surface area (Å²) < 4.78 is 28.2. The van der Waals surface area contributed by atoms with E-state index in [-0.39, 0.29) is 34.4 Å². The molecule has 3 N–H and O–H groups in total. The molecular weight excluding hydrogens is 446 g/mol. The van der Waals surface area contributed by atoms with Crippen molar-refractivity contribution in [2.45, 2.75) is 18.4 Å². The van der Waals surface area contributed by atoms with Gasteiger partial charge in [0, 0.05) is 18.0 Å². The summed E-state index contributed by atoms with van der Waals surface area (Å²) in [4.78, 5) is 13.3. The number of aromatic hydroxyl groups is 1. The zero-order chi connectivity index (χ0) is 23.6. The summed E-state index contributed by atoms with van der Waals surface area (Å²) in [5.41, 5.74) is 2.04. The SMILES string of the molecule is Cc1ccc(CNS(=O)(=O)c2ccc3[nH]c(O)c(N=Nc4ccccc4[N+](=O)[O-])c3c2)cc1. The molecule has 0 fully saturated rings. The fraction of sp³-hybridized carbons (Fsp3) is 0.0909. The smallest absolute Gasteiger partial charge is 0.296 e. The Hall–Kier alpha value is -4.09. The number of hydrogen-bond donors (Lipinski definition) is 3. The van der Waals surface area contributed by atoms with Crippen LogP contribution in [0.3, 0.4) is 0 Å². The van der Waals surface area contributed by atoms with Gasteiger partial charge < -0.3 is 10.1 Å². The molecule has 0 atom stereocenters. The number of sulfonamides is 1. The summed E-state index contributed by atoms with van der Waals surface area (Å²) in [5.74, 6) is -0.338. The van der Waals surface area contributed by atoms with Crippen LogP contribution in [0, 0.1) is 17.0 Å². The first-order valence-corrected chi connectivity index (χ1v) is 11.3. The highest BCUT2D eigenvalue weighted by Gasteiger charge is 2.19. The van der Waals surface area contributed by atoms with E-state index < -0.39 is 14.9 Å². The maximum atomic E-state index is 12.8. The van der Waals surface area contributed by atoms with Crippen molar-refractivity contribution in [3.05, 3.63) is 88.0 Å². The molecule has 33 heavy (non-hydrogen) atoms. The highest BCUT2D eigenvalue weighted by molar-refractivity contribution is 7.89. The first-order chi connectivity index (χ1) is 15.7. The van der Waals surface area contributed by atoms with E-state index in [1.54, 1.807) is 6.07 Å². The van der Waals surface area contributed by atoms with Crippen LogP contribution in [0.1, 0.15) is 11.1 Å². The molecule has 0 amide bonds. The Morgan fingerprint density at radius 1 is 1.06 bits per heavy atom. The number of nitrogens with zero attached hydrogens (tertiary/aromatic N) is 3. The van der Waals surface area contributed by atoms with Crippen molar-refractivity contribution in [1.29, 1.82) is 0 Å². The Morgan fingerprint density at radius 3 is 2.52 bits per heavy atom. The number of aromatic amines is 1. The summed E-state index contributed by atoms with van der Waals surface area (Å²) in [6, 6.07) is 17.5. The third kappa shape index (κ3) is 4.73. The number of nitro groups is 1. The molecule has 0 radical (unpaired) electrons. The summed E-state index contributed by atoms with van der Waals surface area (Å²) in [5, 5.41) is 29.6. The first kappa shape index (κ1) is 22.1. The van der Waals surface area contributed by atoms with Crippen molar-refractivity contribution < 1.29 is 18.4 Å². The molecule has 1 aromatic heterocycles. The van der Waals surface area contributed by atoms with Crippen LogP contribution in [0.5, 0.6) is 5.88 Å². The molecule has 0 saturated carbocycles. The molecule has 4 rings (SSSR count). The second kappa shape index (κ2) is 8.81. The predicted molar refractivity (Wildman–Crippen MR) is 122 cm³/mol. The van der Waals surface area contributed by atoms with Gasteiger partial charge in [-0.05, 0) is 36.8 Å². The molecule has 11 heteroatoms. The number of aromatic nitrogens is 1. The quantitative estimate of drug-likeness (QED) is 0.200. The van der Waals surface area contributed by atoms with Gasteiger partial charge in [0.05, 0.1) is 15.3 Å². The Labute approximate surface area is 188 Å². The Bertz CT molecular complexity index is 1480. The standard InChI is InChI=1S/C22H19N5O5S/c1-14-6-8-15(9-7-14)13-23-33(31,32)16-10-11-18-17(12-16)21(22(28)24-18)26-25-19-4-2-3-5-20(19)27(29)30/h2-12,23-24,28H,13H2,1H3. The van der Waals surface area contributed by atoms with Gasteiger partial charge in [0.25, 0.3) is 5.69 Å². The number of rotatable bonds is 7. The van der Waals surface area contributed by atoms with E-state index in [0.717, 1.165) is 11.1 Å². The van der Waals surface area contributed by atoms with Gasteiger partial charge in [-0.25, -0.2) is 13.1 Å². The molecule has 0 aliphatic heterocycles. The molecule has 4 aromatic rings. The minimum absolute atomic E-state index is 0.000194. The fourth-order valence-electron chi connectivity index (χ4n) is 3.19.